The predicted molar refractivity (Wildman–Crippen MR) is 146 cm³/mol. The van der Waals surface area contributed by atoms with Crippen LogP contribution in [0.3, 0.4) is 0 Å². The maximum Gasteiger partial charge on any atom is 0.297 e. The van der Waals surface area contributed by atoms with Crippen LogP contribution in [0.1, 0.15) is 77.0 Å². The summed E-state index contributed by atoms with van der Waals surface area (Å²) in [4.78, 5) is 17.3. The Hall–Kier alpha value is -1.76. The van der Waals surface area contributed by atoms with Crippen molar-refractivity contribution < 1.29 is 34.7 Å². The molecule has 11 nitrogen and oxygen atoms in total. The first-order valence-electron chi connectivity index (χ1n) is 15.2. The fraction of sp³-hybridized carbons (Fsp3) is 0.862. The van der Waals surface area contributed by atoms with Gasteiger partial charge in [0.1, 0.15) is 23.9 Å². The Balaban J connectivity index is 1.25. The molecular weight excluding hydrogens is 518 g/mol. The zero-order valence-corrected chi connectivity index (χ0v) is 23.5. The lowest BCUT2D eigenvalue weighted by Gasteiger charge is -2.53. The lowest BCUT2D eigenvalue weighted by Crippen LogP contribution is -2.63. The second-order valence-electron chi connectivity index (χ2n) is 12.9. The van der Waals surface area contributed by atoms with Crippen molar-refractivity contribution >= 4 is 0 Å². The number of ether oxygens (including phenoxy) is 2. The average Bonchev–Trinajstić information content (AvgIpc) is 3.47. The van der Waals surface area contributed by atoms with Gasteiger partial charge >= 0.3 is 0 Å². The van der Waals surface area contributed by atoms with Crippen LogP contribution < -0.4 is 5.73 Å². The van der Waals surface area contributed by atoms with Crippen molar-refractivity contribution in [2.45, 2.75) is 107 Å². The van der Waals surface area contributed by atoms with Gasteiger partial charge in [-0.3, -0.25) is 4.84 Å². The van der Waals surface area contributed by atoms with Crippen molar-refractivity contribution in [2.24, 2.45) is 23.0 Å². The number of fused-ring (bicyclic) bond motifs is 1. The molecular formula is C29H47N3O8. The Morgan fingerprint density at radius 1 is 1.25 bits per heavy atom. The van der Waals surface area contributed by atoms with Crippen molar-refractivity contribution in [2.75, 3.05) is 32.8 Å². The van der Waals surface area contributed by atoms with Crippen LogP contribution >= 0.6 is 0 Å². The number of nitrogens with two attached hydrogens (primary N) is 1. The minimum absolute atomic E-state index is 0.151. The molecule has 3 saturated heterocycles. The van der Waals surface area contributed by atoms with Crippen molar-refractivity contribution in [3.63, 3.8) is 0 Å². The van der Waals surface area contributed by atoms with Gasteiger partial charge in [0.25, 0.3) is 5.09 Å². The lowest BCUT2D eigenvalue weighted by atomic mass is 9.58. The minimum atomic E-state index is -1.42. The van der Waals surface area contributed by atoms with Crippen LogP contribution in [0.5, 0.6) is 0 Å². The van der Waals surface area contributed by atoms with Gasteiger partial charge in [0.2, 0.25) is 6.29 Å². The van der Waals surface area contributed by atoms with Gasteiger partial charge < -0.3 is 35.4 Å². The monoisotopic (exact) mass is 565 g/mol. The summed E-state index contributed by atoms with van der Waals surface area (Å²) in [5, 5.41) is 42.1. The van der Waals surface area contributed by atoms with Gasteiger partial charge in [0, 0.05) is 17.7 Å². The minimum Gasteiger partial charge on any atom is -0.402 e. The van der Waals surface area contributed by atoms with Crippen LogP contribution in [0.15, 0.2) is 23.4 Å². The highest BCUT2D eigenvalue weighted by molar-refractivity contribution is 5.28. The van der Waals surface area contributed by atoms with Crippen molar-refractivity contribution in [3.8, 4) is 0 Å². The van der Waals surface area contributed by atoms with E-state index in [0.717, 1.165) is 89.5 Å². The third-order valence-corrected chi connectivity index (χ3v) is 10.3. The Morgan fingerprint density at radius 3 is 2.80 bits per heavy atom. The normalized spacial score (nSPS) is 38.0. The summed E-state index contributed by atoms with van der Waals surface area (Å²) in [6.45, 7) is 3.00. The number of rotatable bonds is 11. The second-order valence-corrected chi connectivity index (χ2v) is 12.9. The zero-order valence-electron chi connectivity index (χ0n) is 23.5. The molecule has 2 aliphatic carbocycles. The van der Waals surface area contributed by atoms with Gasteiger partial charge in [0.05, 0.1) is 13.2 Å². The third kappa shape index (κ3) is 6.34. The predicted octanol–water partition coefficient (Wildman–Crippen LogP) is 2.41. The van der Waals surface area contributed by atoms with Crippen LogP contribution in [-0.4, -0.2) is 88.4 Å². The summed E-state index contributed by atoms with van der Waals surface area (Å²) in [7, 11) is 0. The standard InChI is InChI=1S/C29H47N3O8/c30-23-8-2-1-7-22(23)15-20-10-13-31(14-11-20)18-28(29(35)19-39-26-24(33)17-38-27(26)29)12-4-6-21(16-28)5-3-9-25(34)40-32(36)37/h1,7,20-21,24-27,33-35H,2-6,8-19,30H2/t21?,24-,25?,26-,27+,28?,29-/m1/s1. The quantitative estimate of drug-likeness (QED) is 0.166. The number of likely N-dealkylation sites (tertiary alicyclic amines) is 1. The number of allylic oxidation sites excluding steroid dienone is 4. The molecule has 3 heterocycles. The number of piperidine rings is 1. The number of hydrogen-bond donors (Lipinski definition) is 4. The molecule has 3 unspecified atom stereocenters. The fourth-order valence-corrected chi connectivity index (χ4v) is 8.12. The Morgan fingerprint density at radius 2 is 2.05 bits per heavy atom. The van der Waals surface area contributed by atoms with Gasteiger partial charge in [-0.05, 0) is 88.3 Å². The van der Waals surface area contributed by atoms with Crippen molar-refractivity contribution in [1.29, 1.82) is 0 Å². The van der Waals surface area contributed by atoms with E-state index < -0.39 is 40.7 Å². The molecule has 5 aliphatic rings. The largest absolute Gasteiger partial charge is 0.402 e. The maximum absolute atomic E-state index is 12.4. The smallest absolute Gasteiger partial charge is 0.297 e. The van der Waals surface area contributed by atoms with Gasteiger partial charge in [0.15, 0.2) is 0 Å². The Kier molecular flexibility index (Phi) is 9.38. The maximum atomic E-state index is 12.4. The molecule has 226 valence electrons. The van der Waals surface area contributed by atoms with Crippen LogP contribution in [0, 0.1) is 27.4 Å². The molecule has 5 rings (SSSR count). The van der Waals surface area contributed by atoms with E-state index in [1.54, 1.807) is 0 Å². The first-order valence-corrected chi connectivity index (χ1v) is 15.2. The first-order chi connectivity index (χ1) is 19.2. The first kappa shape index (κ1) is 29.7. The molecule has 4 fully saturated rings. The highest BCUT2D eigenvalue weighted by Gasteiger charge is 2.65. The van der Waals surface area contributed by atoms with E-state index in [1.807, 2.05) is 0 Å². The summed E-state index contributed by atoms with van der Waals surface area (Å²) >= 11 is 0. The van der Waals surface area contributed by atoms with Gasteiger partial charge in [-0.15, -0.1) is 10.1 Å². The highest BCUT2D eigenvalue weighted by atomic mass is 17.0. The molecule has 7 atom stereocenters. The number of nitrogens with zero attached hydrogens (tertiary/aromatic N) is 2. The summed E-state index contributed by atoms with van der Waals surface area (Å²) in [5.74, 6) is 0.905. The average molecular weight is 566 g/mol. The molecule has 5 N–H and O–H groups in total. The number of hydrogen-bond acceptors (Lipinski definition) is 10. The van der Waals surface area contributed by atoms with E-state index in [1.165, 1.54) is 5.57 Å². The molecule has 0 spiro atoms. The molecule has 0 aromatic heterocycles. The van der Waals surface area contributed by atoms with E-state index in [0.29, 0.717) is 18.3 Å². The molecule has 11 heteroatoms. The van der Waals surface area contributed by atoms with E-state index >= 15 is 0 Å². The molecule has 0 aromatic carbocycles. The zero-order chi connectivity index (χ0) is 28.3. The summed E-state index contributed by atoms with van der Waals surface area (Å²) in [6, 6.07) is 0. The Bertz CT molecular complexity index is 954. The highest BCUT2D eigenvalue weighted by Crippen LogP contribution is 2.54. The molecule has 0 amide bonds. The topological polar surface area (TPSA) is 161 Å². The summed E-state index contributed by atoms with van der Waals surface area (Å²) < 4.78 is 12.0. The van der Waals surface area contributed by atoms with Crippen LogP contribution in [0.25, 0.3) is 0 Å². The molecule has 0 bridgehead atoms. The van der Waals surface area contributed by atoms with Gasteiger partial charge in [-0.2, -0.15) is 0 Å². The Labute approximate surface area is 236 Å². The van der Waals surface area contributed by atoms with Crippen molar-refractivity contribution in [3.05, 3.63) is 33.5 Å². The fourth-order valence-electron chi connectivity index (χ4n) is 8.12. The second kappa shape index (κ2) is 12.6. The molecule has 0 aromatic rings. The molecule has 0 radical (unpaired) electrons. The van der Waals surface area contributed by atoms with Crippen molar-refractivity contribution in [1.82, 2.24) is 4.90 Å². The van der Waals surface area contributed by atoms with Crippen LogP contribution in [-0.2, 0) is 14.3 Å². The van der Waals surface area contributed by atoms with Gasteiger partial charge in [-0.1, -0.05) is 31.4 Å². The molecule has 1 saturated carbocycles. The summed E-state index contributed by atoms with van der Waals surface area (Å²) in [5.41, 5.74) is 6.95. The van der Waals surface area contributed by atoms with E-state index in [2.05, 4.69) is 21.9 Å². The third-order valence-electron chi connectivity index (χ3n) is 10.3. The SMILES string of the molecule is NC1=C(CC2CCN(CC3([C@@]4(O)CO[C@@H]5[C@H](O)CO[C@@H]54)CCCC(CCCC(O)O[N+](=O)[O-])C3)CC2)C=CCC1. The van der Waals surface area contributed by atoms with Crippen LogP contribution in [0.4, 0.5) is 0 Å². The van der Waals surface area contributed by atoms with E-state index in [-0.39, 0.29) is 19.6 Å². The van der Waals surface area contributed by atoms with E-state index in [9.17, 15) is 25.4 Å². The van der Waals surface area contributed by atoms with Gasteiger partial charge in [-0.25, -0.2) is 0 Å². The number of aliphatic hydroxyl groups excluding tert-OH is 2. The van der Waals surface area contributed by atoms with E-state index in [4.69, 9.17) is 15.2 Å². The van der Waals surface area contributed by atoms with Crippen LogP contribution in [0.2, 0.25) is 0 Å². The molecule has 3 aliphatic heterocycles. The molecule has 40 heavy (non-hydrogen) atoms. The lowest BCUT2D eigenvalue weighted by molar-refractivity contribution is -0.780. The summed E-state index contributed by atoms with van der Waals surface area (Å²) in [6.07, 6.45) is 11.6. The number of aliphatic hydroxyl groups is 3.